The van der Waals surface area contributed by atoms with Crippen molar-refractivity contribution in [2.45, 2.75) is 37.5 Å². The van der Waals surface area contributed by atoms with E-state index in [-0.39, 0.29) is 132 Å². The molecular weight excluding hydrogens is 721 g/mol. The number of aryl methyl sites for hydroxylation is 1. The first-order chi connectivity index (χ1) is 23.1. The average molecular weight is 754 g/mol. The first-order valence-electron chi connectivity index (χ1n) is 15.0. The minimum atomic E-state index is -4.25. The van der Waals surface area contributed by atoms with Gasteiger partial charge < -0.3 is 38.7 Å². The number of ether oxygens (including phenoxy) is 5. The molecule has 0 bridgehead atoms. The topological polar surface area (TPSA) is 174 Å². The Morgan fingerprint density at radius 3 is 2.38 bits per heavy atom. The van der Waals surface area contributed by atoms with Gasteiger partial charge in [-0.2, -0.15) is 12.8 Å². The maximum absolute atomic E-state index is 12.7. The molecule has 13 nitrogen and oxygen atoms in total. The first-order valence-corrected chi connectivity index (χ1v) is 16.4. The number of sulfonamides is 1. The van der Waals surface area contributed by atoms with Gasteiger partial charge in [0.15, 0.2) is 11.5 Å². The van der Waals surface area contributed by atoms with E-state index >= 15 is 0 Å². The largest absolute Gasteiger partial charge is 1.00 e. The summed E-state index contributed by atoms with van der Waals surface area (Å²) in [5, 5.41) is 25.2. The second-order valence-electron chi connectivity index (χ2n) is 10.6. The Balaban J connectivity index is 0.00000338. The number of carboxylic acids is 1. The molecule has 0 unspecified atom stereocenters. The van der Waals surface area contributed by atoms with E-state index in [0.29, 0.717) is 52.2 Å². The minimum absolute atomic E-state index is 0. The third kappa shape index (κ3) is 10.4. The van der Waals surface area contributed by atoms with Gasteiger partial charge in [0.2, 0.25) is 6.79 Å². The summed E-state index contributed by atoms with van der Waals surface area (Å²) in [7, 11) is -1.32. The molecule has 5 rings (SSSR count). The quantitative estimate of drug-likeness (QED) is 0.0520. The van der Waals surface area contributed by atoms with Gasteiger partial charge in [0.25, 0.3) is 10.0 Å². The molecule has 1 aliphatic rings. The molecule has 252 valence electrons. The molecule has 0 spiro atoms. The van der Waals surface area contributed by atoms with Crippen LogP contribution in [0.1, 0.15) is 36.8 Å². The number of unbranched alkanes of at least 4 members (excludes halogenated alkanes) is 1. The van der Waals surface area contributed by atoms with Crippen molar-refractivity contribution < 1.29 is 150 Å². The molecule has 0 fully saturated rings. The Hall–Kier alpha value is -2.23. The molecule has 50 heavy (non-hydrogen) atoms. The number of imidazole rings is 1. The molecule has 4 aromatic rings. The van der Waals surface area contributed by atoms with E-state index in [1.54, 1.807) is 34.9 Å². The number of benzene rings is 3. The van der Waals surface area contributed by atoms with Crippen molar-refractivity contribution in [3.8, 4) is 34.4 Å². The number of carbonyl (C=O) groups is 1. The smallest absolute Gasteiger partial charge is 0.859 e. The molecular formula is C34H33K2N3O10S. The first kappa shape index (κ1) is 42.2. The number of nitrogens with zero attached hydrogens (tertiary/aromatic N) is 3. The van der Waals surface area contributed by atoms with E-state index in [0.717, 1.165) is 12.8 Å². The Kier molecular flexibility index (Phi) is 16.5. The number of fused-ring (bicyclic) bond motifs is 1. The zero-order valence-electron chi connectivity index (χ0n) is 28.5. The SMILES string of the molecule is CCCCc1ncc(/C=C(\Cc2cc3c(cc2OC)OCO3)C(=O)[O-])n1-c1ccc(OC)cc1OC/C([O-])=N\S(=O)(=O)c1ccccc1.[K+].[K+]. The van der Waals surface area contributed by atoms with Crippen LogP contribution in [0.4, 0.5) is 0 Å². The van der Waals surface area contributed by atoms with E-state index in [2.05, 4.69) is 9.38 Å². The fraction of sp³-hybridized carbons (Fsp3) is 0.265. The molecule has 3 aromatic carbocycles. The maximum Gasteiger partial charge on any atom is 1.00 e. The van der Waals surface area contributed by atoms with Crippen LogP contribution in [0, 0.1) is 0 Å². The normalized spacial score (nSPS) is 12.5. The summed E-state index contributed by atoms with van der Waals surface area (Å²) in [5.41, 5.74) is 1.25. The van der Waals surface area contributed by atoms with Crippen molar-refractivity contribution >= 4 is 28.0 Å². The third-order valence-electron chi connectivity index (χ3n) is 7.38. The number of carbonyl (C=O) groups excluding carboxylic acids is 1. The zero-order valence-corrected chi connectivity index (χ0v) is 35.6. The molecule has 0 saturated carbocycles. The van der Waals surface area contributed by atoms with Crippen LogP contribution in [-0.4, -0.2) is 57.5 Å². The average Bonchev–Trinajstić information content (AvgIpc) is 3.71. The summed E-state index contributed by atoms with van der Waals surface area (Å²) >= 11 is 0. The van der Waals surface area contributed by atoms with E-state index in [9.17, 15) is 23.4 Å². The van der Waals surface area contributed by atoms with Gasteiger partial charge in [0, 0.05) is 36.4 Å². The summed E-state index contributed by atoms with van der Waals surface area (Å²) in [6.45, 7) is 1.37. The molecule has 16 heteroatoms. The van der Waals surface area contributed by atoms with Gasteiger partial charge in [0.1, 0.15) is 29.7 Å². The van der Waals surface area contributed by atoms with Crippen molar-refractivity contribution in [3.63, 3.8) is 0 Å². The monoisotopic (exact) mass is 753 g/mol. The van der Waals surface area contributed by atoms with Crippen LogP contribution in [0.5, 0.6) is 28.7 Å². The zero-order chi connectivity index (χ0) is 34.3. The van der Waals surface area contributed by atoms with Gasteiger partial charge in [0.05, 0.1) is 42.7 Å². The summed E-state index contributed by atoms with van der Waals surface area (Å²) in [4.78, 5) is 16.9. The van der Waals surface area contributed by atoms with Gasteiger partial charge in [-0.05, 0) is 48.4 Å². The minimum Gasteiger partial charge on any atom is -0.859 e. The molecule has 0 N–H and O–H groups in total. The van der Waals surface area contributed by atoms with Crippen molar-refractivity contribution in [1.82, 2.24) is 9.55 Å². The van der Waals surface area contributed by atoms with Crippen molar-refractivity contribution in [2.75, 3.05) is 27.6 Å². The predicted molar refractivity (Wildman–Crippen MR) is 171 cm³/mol. The van der Waals surface area contributed by atoms with Crippen LogP contribution in [0.3, 0.4) is 0 Å². The molecule has 1 aliphatic heterocycles. The molecule has 0 atom stereocenters. The van der Waals surface area contributed by atoms with Crippen LogP contribution in [0.15, 0.2) is 81.7 Å². The fourth-order valence-corrected chi connectivity index (χ4v) is 5.95. The van der Waals surface area contributed by atoms with E-state index in [1.165, 1.54) is 56.8 Å². The van der Waals surface area contributed by atoms with Crippen molar-refractivity contribution in [2.24, 2.45) is 4.40 Å². The van der Waals surface area contributed by atoms with Crippen LogP contribution >= 0.6 is 0 Å². The van der Waals surface area contributed by atoms with E-state index in [1.807, 2.05) is 6.92 Å². The predicted octanol–water partition coefficient (Wildman–Crippen LogP) is -3.13. The number of rotatable bonds is 15. The van der Waals surface area contributed by atoms with Crippen LogP contribution in [0.25, 0.3) is 11.8 Å². The van der Waals surface area contributed by atoms with Crippen molar-refractivity contribution in [3.05, 3.63) is 89.5 Å². The summed E-state index contributed by atoms with van der Waals surface area (Å²) in [5.74, 6) is 0.0769. The van der Waals surface area contributed by atoms with Crippen molar-refractivity contribution in [1.29, 1.82) is 0 Å². The Labute approximate surface area is 375 Å². The number of aliphatic carboxylic acids is 1. The molecule has 0 amide bonds. The Morgan fingerprint density at radius 2 is 1.72 bits per heavy atom. The van der Waals surface area contributed by atoms with Gasteiger partial charge in [-0.15, -0.1) is 0 Å². The standard InChI is InChI=1S/C34H35N3O10S.2K/c1-4-5-11-32-35-19-24(15-23(34(39)40)14-22-16-30-31(47-21-46-30)18-28(22)44-3)37(32)27-13-12-25(43-2)17-29(27)45-20-33(38)36-48(41,42)26-9-7-6-8-10-26;;/h6-10,12-13,15-19H,4-5,11,14,20-21H2,1-3H3,(H,36,38)(H,39,40);;/q;2*+1/p-2/b23-15+;;. The molecule has 0 saturated heterocycles. The van der Waals surface area contributed by atoms with Gasteiger partial charge in [-0.1, -0.05) is 31.5 Å². The molecule has 0 aliphatic carbocycles. The van der Waals surface area contributed by atoms with Gasteiger partial charge >= 0.3 is 103 Å². The second kappa shape index (κ2) is 19.6. The number of carboxylic acid groups (broad SMARTS) is 1. The number of hydrogen-bond acceptors (Lipinski definition) is 11. The molecule has 1 aromatic heterocycles. The molecule has 0 radical (unpaired) electrons. The van der Waals surface area contributed by atoms with Gasteiger partial charge in [-0.25, -0.2) is 4.98 Å². The van der Waals surface area contributed by atoms with Crippen LogP contribution < -0.4 is 137 Å². The summed E-state index contributed by atoms with van der Waals surface area (Å²) < 4.78 is 58.0. The number of hydrogen-bond donors (Lipinski definition) is 0. The third-order valence-corrected chi connectivity index (χ3v) is 8.69. The summed E-state index contributed by atoms with van der Waals surface area (Å²) in [6, 6.07) is 15.5. The fourth-order valence-electron chi connectivity index (χ4n) is 5.02. The Bertz CT molecular complexity index is 1970. The van der Waals surface area contributed by atoms with Gasteiger partial charge in [-0.3, -0.25) is 4.57 Å². The second-order valence-corrected chi connectivity index (χ2v) is 12.2. The Morgan fingerprint density at radius 1 is 1.00 bits per heavy atom. The van der Waals surface area contributed by atoms with E-state index < -0.39 is 28.5 Å². The number of aromatic nitrogens is 2. The van der Waals surface area contributed by atoms with E-state index in [4.69, 9.17) is 23.7 Å². The molecule has 2 heterocycles. The maximum atomic E-state index is 12.7. The summed E-state index contributed by atoms with van der Waals surface area (Å²) in [6.07, 6.45) is 5.09. The van der Waals surface area contributed by atoms with Crippen LogP contribution in [-0.2, 0) is 27.7 Å². The number of methoxy groups -OCH3 is 2. The van der Waals surface area contributed by atoms with Crippen LogP contribution in [0.2, 0.25) is 0 Å².